The van der Waals surface area contributed by atoms with Gasteiger partial charge in [-0.1, -0.05) is 0 Å². The second kappa shape index (κ2) is 3.62. The maximum absolute atomic E-state index is 13.5. The lowest BCUT2D eigenvalue weighted by Crippen LogP contribution is -1.90. The molecule has 0 saturated carbocycles. The van der Waals surface area contributed by atoms with Gasteiger partial charge in [-0.15, -0.1) is 0 Å². The molecule has 0 unspecified atom stereocenters. The fraction of sp³-hybridized carbons (Fsp3) is 0.182. The van der Waals surface area contributed by atoms with Crippen LogP contribution in [-0.2, 0) is 0 Å². The number of halogens is 1. The first-order valence-corrected chi connectivity index (χ1v) is 4.36. The molecule has 2 rings (SSSR count). The molecule has 0 amide bonds. The maximum atomic E-state index is 13.5. The van der Waals surface area contributed by atoms with Crippen LogP contribution in [0.2, 0.25) is 0 Å². The summed E-state index contributed by atoms with van der Waals surface area (Å²) in [6, 6.07) is 4.85. The van der Waals surface area contributed by atoms with E-state index in [0.29, 0.717) is 17.7 Å². The van der Waals surface area contributed by atoms with Crippen molar-refractivity contribution in [3.63, 3.8) is 0 Å². The topological polar surface area (TPSA) is 21.6 Å². The normalized spacial score (nSPS) is 14.3. The predicted molar refractivity (Wildman–Crippen MR) is 54.0 cm³/mol. The van der Waals surface area contributed by atoms with E-state index < -0.39 is 0 Å². The van der Waals surface area contributed by atoms with E-state index in [0.717, 1.165) is 5.57 Å². The molecular formula is C11H10FNO. The fourth-order valence-corrected chi connectivity index (χ4v) is 1.41. The van der Waals surface area contributed by atoms with E-state index in [1.165, 1.54) is 13.2 Å². The van der Waals surface area contributed by atoms with Gasteiger partial charge in [0.2, 0.25) is 0 Å². The van der Waals surface area contributed by atoms with Crippen molar-refractivity contribution in [2.24, 2.45) is 4.99 Å². The summed E-state index contributed by atoms with van der Waals surface area (Å²) in [6.45, 7) is 0. The number of ether oxygens (including phenoxy) is 1. The van der Waals surface area contributed by atoms with Gasteiger partial charge in [0.05, 0.1) is 7.11 Å². The molecule has 1 aliphatic rings. The monoisotopic (exact) mass is 191 g/mol. The average molecular weight is 191 g/mol. The van der Waals surface area contributed by atoms with Gasteiger partial charge in [-0.05, 0) is 17.7 Å². The Morgan fingerprint density at radius 2 is 2.29 bits per heavy atom. The highest BCUT2D eigenvalue weighted by atomic mass is 19.1. The van der Waals surface area contributed by atoms with Crippen LogP contribution < -0.4 is 4.74 Å². The van der Waals surface area contributed by atoms with Crippen molar-refractivity contribution < 1.29 is 9.13 Å². The highest BCUT2D eigenvalue weighted by Crippen LogP contribution is 2.26. The summed E-state index contributed by atoms with van der Waals surface area (Å²) in [7, 11) is 1.52. The highest BCUT2D eigenvalue weighted by molar-refractivity contribution is 5.84. The first kappa shape index (κ1) is 8.94. The zero-order valence-electron chi connectivity index (χ0n) is 7.83. The van der Waals surface area contributed by atoms with Gasteiger partial charge in [0.15, 0.2) is 0 Å². The van der Waals surface area contributed by atoms with Crippen LogP contribution in [0.3, 0.4) is 0 Å². The van der Waals surface area contributed by atoms with E-state index >= 15 is 0 Å². The number of benzene rings is 1. The molecule has 1 heterocycles. The summed E-state index contributed by atoms with van der Waals surface area (Å²) in [5.74, 6) is 0.270. The molecule has 0 bridgehead atoms. The molecule has 3 heteroatoms. The van der Waals surface area contributed by atoms with Crippen molar-refractivity contribution in [3.05, 3.63) is 35.8 Å². The smallest absolute Gasteiger partial charge is 0.134 e. The SMILES string of the molecule is COc1ccc(C2=CN=CC2)c(F)c1. The quantitative estimate of drug-likeness (QED) is 0.704. The van der Waals surface area contributed by atoms with Crippen LogP contribution in [0.15, 0.2) is 29.4 Å². The van der Waals surface area contributed by atoms with Gasteiger partial charge >= 0.3 is 0 Å². The minimum absolute atomic E-state index is 0.263. The standard InChI is InChI=1S/C11H10FNO/c1-14-9-2-3-10(11(12)6-9)8-4-5-13-7-8/h2-3,5-7H,4H2,1H3. The zero-order chi connectivity index (χ0) is 9.97. The number of allylic oxidation sites excluding steroid dienone is 1. The third-order valence-electron chi connectivity index (χ3n) is 2.17. The van der Waals surface area contributed by atoms with E-state index in [9.17, 15) is 4.39 Å². The first-order valence-electron chi connectivity index (χ1n) is 4.36. The molecule has 0 spiro atoms. The minimum atomic E-state index is -0.263. The molecule has 2 nitrogen and oxygen atoms in total. The molecule has 0 aliphatic carbocycles. The van der Waals surface area contributed by atoms with E-state index in [-0.39, 0.29) is 5.82 Å². The van der Waals surface area contributed by atoms with Crippen LogP contribution in [0.4, 0.5) is 4.39 Å². The van der Waals surface area contributed by atoms with Gasteiger partial charge in [0.25, 0.3) is 0 Å². The lowest BCUT2D eigenvalue weighted by atomic mass is 10.0. The van der Waals surface area contributed by atoms with Gasteiger partial charge in [-0.25, -0.2) is 4.39 Å². The number of aliphatic imine (C=N–C) groups is 1. The molecule has 0 aromatic heterocycles. The molecule has 0 N–H and O–H groups in total. The second-order valence-corrected chi connectivity index (χ2v) is 3.04. The Labute approximate surface area is 81.7 Å². The number of rotatable bonds is 2. The number of nitrogens with zero attached hydrogens (tertiary/aromatic N) is 1. The molecule has 0 fully saturated rings. The highest BCUT2D eigenvalue weighted by Gasteiger charge is 2.10. The number of hydrogen-bond donors (Lipinski definition) is 0. The second-order valence-electron chi connectivity index (χ2n) is 3.04. The molecule has 14 heavy (non-hydrogen) atoms. The Morgan fingerprint density at radius 1 is 1.43 bits per heavy atom. The van der Waals surface area contributed by atoms with Crippen LogP contribution >= 0.6 is 0 Å². The summed E-state index contributed by atoms with van der Waals surface area (Å²) < 4.78 is 18.4. The van der Waals surface area contributed by atoms with Crippen molar-refractivity contribution in [2.45, 2.75) is 6.42 Å². The van der Waals surface area contributed by atoms with Crippen molar-refractivity contribution in [3.8, 4) is 5.75 Å². The third-order valence-corrected chi connectivity index (χ3v) is 2.17. The Bertz CT molecular complexity index is 410. The maximum Gasteiger partial charge on any atom is 0.134 e. The molecule has 0 saturated heterocycles. The van der Waals surface area contributed by atoms with Crippen molar-refractivity contribution in [1.82, 2.24) is 0 Å². The van der Waals surface area contributed by atoms with Gasteiger partial charge < -0.3 is 4.74 Å². The van der Waals surface area contributed by atoms with Gasteiger partial charge in [0, 0.05) is 30.5 Å². The lowest BCUT2D eigenvalue weighted by molar-refractivity contribution is 0.411. The zero-order valence-corrected chi connectivity index (χ0v) is 7.83. The first-order chi connectivity index (χ1) is 6.81. The third kappa shape index (κ3) is 1.53. The van der Waals surface area contributed by atoms with E-state index in [1.54, 1.807) is 24.5 Å². The summed E-state index contributed by atoms with van der Waals surface area (Å²) in [5, 5.41) is 0. The predicted octanol–water partition coefficient (Wildman–Crippen LogP) is 2.65. The molecular weight excluding hydrogens is 181 g/mol. The molecule has 72 valence electrons. The van der Waals surface area contributed by atoms with Crippen LogP contribution in [-0.4, -0.2) is 13.3 Å². The van der Waals surface area contributed by atoms with Crippen molar-refractivity contribution in [2.75, 3.05) is 7.11 Å². The summed E-state index contributed by atoms with van der Waals surface area (Å²) in [6.07, 6.45) is 4.15. The minimum Gasteiger partial charge on any atom is -0.497 e. The Balaban J connectivity index is 2.35. The van der Waals surface area contributed by atoms with Crippen LogP contribution in [0.25, 0.3) is 5.57 Å². The van der Waals surface area contributed by atoms with E-state index in [1.807, 2.05) is 0 Å². The number of hydrogen-bond acceptors (Lipinski definition) is 2. The Hall–Kier alpha value is -1.64. The van der Waals surface area contributed by atoms with E-state index in [4.69, 9.17) is 4.74 Å². The van der Waals surface area contributed by atoms with Gasteiger partial charge in [-0.2, -0.15) is 0 Å². The fourth-order valence-electron chi connectivity index (χ4n) is 1.41. The summed E-state index contributed by atoms with van der Waals surface area (Å²) in [5.41, 5.74) is 1.51. The summed E-state index contributed by atoms with van der Waals surface area (Å²) in [4.78, 5) is 3.94. The van der Waals surface area contributed by atoms with Crippen LogP contribution in [0.1, 0.15) is 12.0 Å². The van der Waals surface area contributed by atoms with Crippen molar-refractivity contribution >= 4 is 11.8 Å². The van der Waals surface area contributed by atoms with Crippen molar-refractivity contribution in [1.29, 1.82) is 0 Å². The molecule has 1 aromatic rings. The van der Waals surface area contributed by atoms with E-state index in [2.05, 4.69) is 4.99 Å². The summed E-state index contributed by atoms with van der Waals surface area (Å²) >= 11 is 0. The molecule has 1 aromatic carbocycles. The van der Waals surface area contributed by atoms with Gasteiger partial charge in [-0.3, -0.25) is 4.99 Å². The Morgan fingerprint density at radius 3 is 2.86 bits per heavy atom. The lowest BCUT2D eigenvalue weighted by Gasteiger charge is -2.05. The number of methoxy groups -OCH3 is 1. The Kier molecular flexibility index (Phi) is 2.31. The van der Waals surface area contributed by atoms with Gasteiger partial charge in [0.1, 0.15) is 11.6 Å². The largest absolute Gasteiger partial charge is 0.497 e. The molecule has 1 aliphatic heterocycles. The molecule has 0 atom stereocenters. The average Bonchev–Trinajstić information content (AvgIpc) is 2.70. The van der Waals surface area contributed by atoms with Crippen LogP contribution in [0, 0.1) is 5.82 Å². The molecule has 0 radical (unpaired) electrons. The van der Waals surface area contributed by atoms with Crippen LogP contribution in [0.5, 0.6) is 5.75 Å².